The molecule has 1 aliphatic carbocycles. The summed E-state index contributed by atoms with van der Waals surface area (Å²) in [6.07, 6.45) is 3.10. The first-order valence-corrected chi connectivity index (χ1v) is 6.74. The van der Waals surface area contributed by atoms with Crippen LogP contribution in [0.4, 0.5) is 5.69 Å². The first-order valence-electron chi connectivity index (χ1n) is 6.74. The summed E-state index contributed by atoms with van der Waals surface area (Å²) in [6.45, 7) is 1.64. The van der Waals surface area contributed by atoms with E-state index in [0.29, 0.717) is 19.3 Å². The number of fused-ring (bicyclic) bond motifs is 1. The van der Waals surface area contributed by atoms with Crippen LogP contribution in [0.3, 0.4) is 0 Å². The van der Waals surface area contributed by atoms with Crippen LogP contribution in [0.25, 0.3) is 0 Å². The van der Waals surface area contributed by atoms with Gasteiger partial charge >= 0.3 is 0 Å². The van der Waals surface area contributed by atoms with Crippen molar-refractivity contribution < 1.29 is 14.3 Å². The standard InChI is InChI=1S/C14H18N2O3/c17-14(16-10-2-3-10)9-15-11-4-5-12-13(8-11)19-7-1-6-18-12/h4-5,8,10,15H,1-3,6-7,9H2,(H,16,17). The Morgan fingerprint density at radius 1 is 1.21 bits per heavy atom. The molecule has 1 heterocycles. The Hall–Kier alpha value is -1.91. The lowest BCUT2D eigenvalue weighted by Gasteiger charge is -2.11. The van der Waals surface area contributed by atoms with E-state index >= 15 is 0 Å². The van der Waals surface area contributed by atoms with Gasteiger partial charge in [-0.1, -0.05) is 0 Å². The van der Waals surface area contributed by atoms with Crippen LogP contribution in [-0.2, 0) is 4.79 Å². The van der Waals surface area contributed by atoms with Crippen LogP contribution in [0.5, 0.6) is 11.5 Å². The normalized spacial score (nSPS) is 17.5. The van der Waals surface area contributed by atoms with Crippen molar-refractivity contribution in [3.8, 4) is 11.5 Å². The SMILES string of the molecule is O=C(CNc1ccc2c(c1)OCCCO2)NC1CC1. The topological polar surface area (TPSA) is 59.6 Å². The third kappa shape index (κ3) is 3.30. The zero-order valence-electron chi connectivity index (χ0n) is 10.8. The van der Waals surface area contributed by atoms with Crippen LogP contribution in [-0.4, -0.2) is 31.7 Å². The summed E-state index contributed by atoms with van der Waals surface area (Å²) in [6, 6.07) is 6.06. The van der Waals surface area contributed by atoms with Crippen LogP contribution in [0, 0.1) is 0 Å². The van der Waals surface area contributed by atoms with E-state index in [1.54, 1.807) is 0 Å². The number of carbonyl (C=O) groups is 1. The van der Waals surface area contributed by atoms with E-state index in [2.05, 4.69) is 10.6 Å². The van der Waals surface area contributed by atoms with E-state index in [-0.39, 0.29) is 12.5 Å². The fraction of sp³-hybridized carbons (Fsp3) is 0.500. The van der Waals surface area contributed by atoms with Crippen LogP contribution in [0.15, 0.2) is 18.2 Å². The lowest BCUT2D eigenvalue weighted by Crippen LogP contribution is -2.31. The molecule has 0 saturated heterocycles. The Labute approximate surface area is 112 Å². The molecule has 1 aromatic carbocycles. The Balaban J connectivity index is 1.58. The molecule has 1 saturated carbocycles. The van der Waals surface area contributed by atoms with E-state index in [1.165, 1.54) is 0 Å². The summed E-state index contributed by atoms with van der Waals surface area (Å²) in [7, 11) is 0. The number of hydrogen-bond donors (Lipinski definition) is 2. The van der Waals surface area contributed by atoms with E-state index in [0.717, 1.165) is 36.4 Å². The van der Waals surface area contributed by atoms with Crippen molar-refractivity contribution in [2.75, 3.05) is 25.1 Å². The summed E-state index contributed by atoms with van der Waals surface area (Å²) in [5, 5.41) is 6.04. The Kier molecular flexibility index (Phi) is 3.44. The minimum atomic E-state index is 0.0367. The molecule has 1 fully saturated rings. The maximum absolute atomic E-state index is 11.6. The molecule has 19 heavy (non-hydrogen) atoms. The van der Waals surface area contributed by atoms with E-state index in [4.69, 9.17) is 9.47 Å². The molecule has 5 heteroatoms. The molecule has 0 atom stereocenters. The minimum absolute atomic E-state index is 0.0367. The predicted molar refractivity (Wildman–Crippen MR) is 71.7 cm³/mol. The van der Waals surface area contributed by atoms with Gasteiger partial charge in [0.05, 0.1) is 19.8 Å². The molecule has 5 nitrogen and oxygen atoms in total. The number of amides is 1. The highest BCUT2D eigenvalue weighted by Crippen LogP contribution is 2.32. The maximum Gasteiger partial charge on any atom is 0.239 e. The van der Waals surface area contributed by atoms with E-state index < -0.39 is 0 Å². The van der Waals surface area contributed by atoms with E-state index in [1.807, 2.05) is 18.2 Å². The van der Waals surface area contributed by atoms with Crippen LogP contribution < -0.4 is 20.1 Å². The van der Waals surface area contributed by atoms with E-state index in [9.17, 15) is 4.79 Å². The number of ether oxygens (including phenoxy) is 2. The van der Waals surface area contributed by atoms with Crippen LogP contribution in [0.1, 0.15) is 19.3 Å². The maximum atomic E-state index is 11.6. The Bertz CT molecular complexity index is 472. The molecule has 102 valence electrons. The van der Waals surface area contributed by atoms with Crippen molar-refractivity contribution in [2.24, 2.45) is 0 Å². The highest BCUT2D eigenvalue weighted by Gasteiger charge is 2.22. The smallest absolute Gasteiger partial charge is 0.239 e. The molecule has 2 aliphatic rings. The van der Waals surface area contributed by atoms with Gasteiger partial charge in [-0.05, 0) is 25.0 Å². The van der Waals surface area contributed by atoms with Crippen LogP contribution >= 0.6 is 0 Å². The number of hydrogen-bond acceptors (Lipinski definition) is 4. The highest BCUT2D eigenvalue weighted by molar-refractivity contribution is 5.81. The molecule has 1 aromatic rings. The molecule has 2 N–H and O–H groups in total. The molecular formula is C14H18N2O3. The fourth-order valence-electron chi connectivity index (χ4n) is 1.96. The van der Waals surface area contributed by atoms with Gasteiger partial charge in [0, 0.05) is 24.2 Å². The molecule has 0 unspecified atom stereocenters. The predicted octanol–water partition coefficient (Wildman–Crippen LogP) is 1.54. The first kappa shape index (κ1) is 12.1. The lowest BCUT2D eigenvalue weighted by molar-refractivity contribution is -0.119. The first-order chi connectivity index (χ1) is 9.31. The van der Waals surface area contributed by atoms with Gasteiger partial charge in [-0.2, -0.15) is 0 Å². The van der Waals surface area contributed by atoms with Gasteiger partial charge in [-0.25, -0.2) is 0 Å². The summed E-state index contributed by atoms with van der Waals surface area (Å²) < 4.78 is 11.2. The number of benzene rings is 1. The minimum Gasteiger partial charge on any atom is -0.490 e. The van der Waals surface area contributed by atoms with Gasteiger partial charge in [-0.15, -0.1) is 0 Å². The van der Waals surface area contributed by atoms with Crippen molar-refractivity contribution in [3.63, 3.8) is 0 Å². The molecule has 3 rings (SSSR count). The summed E-state index contributed by atoms with van der Waals surface area (Å²) in [4.78, 5) is 11.6. The summed E-state index contributed by atoms with van der Waals surface area (Å²) >= 11 is 0. The molecule has 0 spiro atoms. The van der Waals surface area contributed by atoms with Gasteiger partial charge in [0.2, 0.25) is 5.91 Å². The molecule has 0 bridgehead atoms. The molecule has 0 aromatic heterocycles. The largest absolute Gasteiger partial charge is 0.490 e. The van der Waals surface area contributed by atoms with Gasteiger partial charge in [0.25, 0.3) is 0 Å². The quantitative estimate of drug-likeness (QED) is 0.864. The molecule has 0 radical (unpaired) electrons. The number of carbonyl (C=O) groups excluding carboxylic acids is 1. The second-order valence-electron chi connectivity index (χ2n) is 4.91. The number of nitrogens with one attached hydrogen (secondary N) is 2. The summed E-state index contributed by atoms with van der Waals surface area (Å²) in [5.74, 6) is 1.55. The van der Waals surface area contributed by atoms with Crippen molar-refractivity contribution in [1.82, 2.24) is 5.32 Å². The van der Waals surface area contributed by atoms with Crippen molar-refractivity contribution >= 4 is 11.6 Å². The molecule has 1 aliphatic heterocycles. The monoisotopic (exact) mass is 262 g/mol. The second-order valence-corrected chi connectivity index (χ2v) is 4.91. The van der Waals surface area contributed by atoms with Gasteiger partial charge in [0.1, 0.15) is 0 Å². The van der Waals surface area contributed by atoms with Crippen molar-refractivity contribution in [2.45, 2.75) is 25.3 Å². The van der Waals surface area contributed by atoms with Gasteiger partial charge in [0.15, 0.2) is 11.5 Å². The highest BCUT2D eigenvalue weighted by atomic mass is 16.5. The number of rotatable bonds is 4. The number of anilines is 1. The molecule has 1 amide bonds. The van der Waals surface area contributed by atoms with Crippen molar-refractivity contribution in [3.05, 3.63) is 18.2 Å². The Morgan fingerprint density at radius 3 is 2.79 bits per heavy atom. The average molecular weight is 262 g/mol. The van der Waals surface area contributed by atoms with Gasteiger partial charge < -0.3 is 20.1 Å². The third-order valence-electron chi connectivity index (χ3n) is 3.14. The second kappa shape index (κ2) is 5.38. The molecular weight excluding hydrogens is 244 g/mol. The lowest BCUT2D eigenvalue weighted by atomic mass is 10.2. The van der Waals surface area contributed by atoms with Crippen LogP contribution in [0.2, 0.25) is 0 Å². The average Bonchev–Trinajstić information content (AvgIpc) is 3.22. The zero-order chi connectivity index (χ0) is 13.1. The summed E-state index contributed by atoms with van der Waals surface area (Å²) in [5.41, 5.74) is 0.871. The zero-order valence-corrected chi connectivity index (χ0v) is 10.8. The van der Waals surface area contributed by atoms with Crippen molar-refractivity contribution in [1.29, 1.82) is 0 Å². The Morgan fingerprint density at radius 2 is 2.00 bits per heavy atom. The fourth-order valence-corrected chi connectivity index (χ4v) is 1.96. The third-order valence-corrected chi connectivity index (χ3v) is 3.14. The van der Waals surface area contributed by atoms with Gasteiger partial charge in [-0.3, -0.25) is 4.79 Å².